The Bertz CT molecular complexity index is 307. The zero-order valence-corrected chi connectivity index (χ0v) is 8.62. The molecule has 1 atom stereocenters. The number of rotatable bonds is 4. The lowest BCUT2D eigenvalue weighted by Crippen LogP contribution is -2.19. The summed E-state index contributed by atoms with van der Waals surface area (Å²) < 4.78 is 0. The fourth-order valence-electron chi connectivity index (χ4n) is 0.864. The number of aliphatic hydroxyl groups excluding tert-OH is 1. The normalized spacial score (nSPS) is 12.5. The molecule has 14 heavy (non-hydrogen) atoms. The predicted octanol–water partition coefficient (Wildman–Crippen LogP) is 0.895. The SMILES string of the molecule is CCC(O)CNc1nc(N)ncc1Cl. The van der Waals surface area contributed by atoms with Crippen molar-refractivity contribution >= 4 is 23.4 Å². The van der Waals surface area contributed by atoms with Gasteiger partial charge in [-0.15, -0.1) is 0 Å². The number of aromatic nitrogens is 2. The molecular formula is C8H13ClN4O. The number of anilines is 2. The van der Waals surface area contributed by atoms with Gasteiger partial charge < -0.3 is 16.2 Å². The Hall–Kier alpha value is -1.07. The summed E-state index contributed by atoms with van der Waals surface area (Å²) in [5, 5.41) is 12.6. The molecule has 0 saturated heterocycles. The molecule has 0 saturated carbocycles. The number of aliphatic hydroxyl groups is 1. The van der Waals surface area contributed by atoms with Gasteiger partial charge in [-0.05, 0) is 6.42 Å². The first-order valence-electron chi connectivity index (χ1n) is 4.33. The van der Waals surface area contributed by atoms with Crippen LogP contribution in [0.5, 0.6) is 0 Å². The van der Waals surface area contributed by atoms with Crippen molar-refractivity contribution in [1.82, 2.24) is 9.97 Å². The molecule has 0 aliphatic heterocycles. The van der Waals surface area contributed by atoms with Crippen LogP contribution in [0.3, 0.4) is 0 Å². The average molecular weight is 217 g/mol. The highest BCUT2D eigenvalue weighted by molar-refractivity contribution is 6.32. The first kappa shape index (κ1) is 11.0. The number of nitrogen functional groups attached to an aromatic ring is 1. The Morgan fingerprint density at radius 2 is 2.43 bits per heavy atom. The van der Waals surface area contributed by atoms with E-state index in [1.807, 2.05) is 6.92 Å². The quantitative estimate of drug-likeness (QED) is 0.696. The minimum absolute atomic E-state index is 0.155. The Morgan fingerprint density at radius 1 is 1.71 bits per heavy atom. The van der Waals surface area contributed by atoms with E-state index in [2.05, 4.69) is 15.3 Å². The third-order valence-electron chi connectivity index (χ3n) is 1.74. The molecule has 1 unspecified atom stereocenters. The number of halogens is 1. The molecule has 0 amide bonds. The largest absolute Gasteiger partial charge is 0.391 e. The van der Waals surface area contributed by atoms with Gasteiger partial charge >= 0.3 is 0 Å². The van der Waals surface area contributed by atoms with Crippen molar-refractivity contribution < 1.29 is 5.11 Å². The highest BCUT2D eigenvalue weighted by Gasteiger charge is 2.05. The molecule has 78 valence electrons. The van der Waals surface area contributed by atoms with Crippen LogP contribution in [0.1, 0.15) is 13.3 Å². The van der Waals surface area contributed by atoms with E-state index < -0.39 is 6.10 Å². The fraction of sp³-hybridized carbons (Fsp3) is 0.500. The van der Waals surface area contributed by atoms with Crippen molar-refractivity contribution in [2.24, 2.45) is 0 Å². The van der Waals surface area contributed by atoms with Gasteiger partial charge in [-0.25, -0.2) is 4.98 Å². The van der Waals surface area contributed by atoms with E-state index in [0.717, 1.165) is 0 Å². The molecule has 1 aromatic heterocycles. The smallest absolute Gasteiger partial charge is 0.222 e. The van der Waals surface area contributed by atoms with Gasteiger partial charge in [0, 0.05) is 6.54 Å². The predicted molar refractivity (Wildman–Crippen MR) is 56.2 cm³/mol. The van der Waals surface area contributed by atoms with Crippen LogP contribution in [0.2, 0.25) is 5.02 Å². The van der Waals surface area contributed by atoms with Gasteiger partial charge in [0.25, 0.3) is 0 Å². The standard InChI is InChI=1S/C8H13ClN4O/c1-2-5(14)3-11-7-6(9)4-12-8(10)13-7/h4-5,14H,2-3H2,1H3,(H3,10,11,12,13). The molecule has 0 bridgehead atoms. The van der Waals surface area contributed by atoms with Gasteiger partial charge in [-0.3, -0.25) is 0 Å². The van der Waals surface area contributed by atoms with Gasteiger partial charge in [0.15, 0.2) is 5.82 Å². The van der Waals surface area contributed by atoms with E-state index in [1.165, 1.54) is 6.20 Å². The van der Waals surface area contributed by atoms with Crippen molar-refractivity contribution in [1.29, 1.82) is 0 Å². The monoisotopic (exact) mass is 216 g/mol. The third-order valence-corrected chi connectivity index (χ3v) is 2.02. The van der Waals surface area contributed by atoms with Crippen molar-refractivity contribution in [3.63, 3.8) is 0 Å². The maximum atomic E-state index is 9.30. The highest BCUT2D eigenvalue weighted by Crippen LogP contribution is 2.18. The van der Waals surface area contributed by atoms with E-state index in [0.29, 0.717) is 23.8 Å². The molecule has 0 aliphatic rings. The molecule has 0 aliphatic carbocycles. The summed E-state index contributed by atoms with van der Waals surface area (Å²) in [5.74, 6) is 0.606. The first-order chi connectivity index (χ1) is 6.63. The second-order valence-electron chi connectivity index (χ2n) is 2.87. The van der Waals surface area contributed by atoms with E-state index in [1.54, 1.807) is 0 Å². The van der Waals surface area contributed by atoms with Crippen LogP contribution in [0.15, 0.2) is 6.20 Å². The van der Waals surface area contributed by atoms with Gasteiger partial charge in [0.2, 0.25) is 5.95 Å². The molecule has 6 heteroatoms. The number of nitrogens with two attached hydrogens (primary N) is 1. The summed E-state index contributed by atoms with van der Waals surface area (Å²) in [5.41, 5.74) is 5.38. The molecule has 1 rings (SSSR count). The Morgan fingerprint density at radius 3 is 3.07 bits per heavy atom. The van der Waals surface area contributed by atoms with E-state index >= 15 is 0 Å². The highest BCUT2D eigenvalue weighted by atomic mass is 35.5. The average Bonchev–Trinajstić information content (AvgIpc) is 2.19. The van der Waals surface area contributed by atoms with Gasteiger partial charge in [0.05, 0.1) is 12.3 Å². The van der Waals surface area contributed by atoms with Crippen LogP contribution >= 0.6 is 11.6 Å². The maximum absolute atomic E-state index is 9.30. The fourth-order valence-corrected chi connectivity index (χ4v) is 1.02. The second-order valence-corrected chi connectivity index (χ2v) is 3.27. The van der Waals surface area contributed by atoms with Crippen LogP contribution in [0.4, 0.5) is 11.8 Å². The summed E-state index contributed by atoms with van der Waals surface area (Å²) in [7, 11) is 0. The third kappa shape index (κ3) is 3.01. The van der Waals surface area contributed by atoms with Crippen molar-refractivity contribution in [2.75, 3.05) is 17.6 Å². The van der Waals surface area contributed by atoms with Gasteiger partial charge in [-0.1, -0.05) is 18.5 Å². The molecule has 0 fully saturated rings. The van der Waals surface area contributed by atoms with E-state index in [-0.39, 0.29) is 5.95 Å². The molecule has 0 radical (unpaired) electrons. The Kier molecular flexibility index (Phi) is 3.91. The van der Waals surface area contributed by atoms with Crippen LogP contribution < -0.4 is 11.1 Å². The molecule has 1 aromatic rings. The summed E-state index contributed by atoms with van der Waals surface area (Å²) in [6.45, 7) is 2.29. The summed E-state index contributed by atoms with van der Waals surface area (Å²) in [6.07, 6.45) is 1.68. The minimum Gasteiger partial charge on any atom is -0.391 e. The van der Waals surface area contributed by atoms with Crippen molar-refractivity contribution in [2.45, 2.75) is 19.4 Å². The van der Waals surface area contributed by atoms with E-state index in [4.69, 9.17) is 17.3 Å². The Labute approximate surface area is 87.3 Å². The molecule has 0 aromatic carbocycles. The Balaban J connectivity index is 2.62. The number of nitrogens with one attached hydrogen (secondary N) is 1. The van der Waals surface area contributed by atoms with Crippen molar-refractivity contribution in [3.8, 4) is 0 Å². The van der Waals surface area contributed by atoms with Gasteiger partial charge in [0.1, 0.15) is 5.02 Å². The minimum atomic E-state index is -0.415. The molecule has 5 nitrogen and oxygen atoms in total. The number of hydrogen-bond acceptors (Lipinski definition) is 5. The maximum Gasteiger partial charge on any atom is 0.222 e. The van der Waals surface area contributed by atoms with Crippen LogP contribution in [-0.2, 0) is 0 Å². The first-order valence-corrected chi connectivity index (χ1v) is 4.71. The van der Waals surface area contributed by atoms with Crippen LogP contribution in [0.25, 0.3) is 0 Å². The van der Waals surface area contributed by atoms with E-state index in [9.17, 15) is 5.11 Å². The van der Waals surface area contributed by atoms with Gasteiger partial charge in [-0.2, -0.15) is 4.98 Å². The number of hydrogen-bond donors (Lipinski definition) is 3. The molecular weight excluding hydrogens is 204 g/mol. The van der Waals surface area contributed by atoms with Crippen LogP contribution in [0, 0.1) is 0 Å². The summed E-state index contributed by atoms with van der Waals surface area (Å²) >= 11 is 5.80. The number of nitrogens with zero attached hydrogens (tertiary/aromatic N) is 2. The molecule has 4 N–H and O–H groups in total. The molecule has 0 spiro atoms. The lowest BCUT2D eigenvalue weighted by atomic mass is 10.3. The summed E-state index contributed by atoms with van der Waals surface area (Å²) in [4.78, 5) is 7.61. The lowest BCUT2D eigenvalue weighted by Gasteiger charge is -2.10. The zero-order chi connectivity index (χ0) is 10.6. The molecule has 1 heterocycles. The van der Waals surface area contributed by atoms with Crippen molar-refractivity contribution in [3.05, 3.63) is 11.2 Å². The topological polar surface area (TPSA) is 84.1 Å². The van der Waals surface area contributed by atoms with Crippen LogP contribution in [-0.4, -0.2) is 27.7 Å². The zero-order valence-electron chi connectivity index (χ0n) is 7.87. The second kappa shape index (κ2) is 4.97. The summed E-state index contributed by atoms with van der Waals surface area (Å²) in [6, 6.07) is 0. The lowest BCUT2D eigenvalue weighted by molar-refractivity contribution is 0.183.